The van der Waals surface area contributed by atoms with E-state index < -0.39 is 25.2 Å². The first-order valence-corrected chi connectivity index (χ1v) is 5.68. The Labute approximate surface area is 103 Å². The molecule has 0 radical (unpaired) electrons. The number of ether oxygens (including phenoxy) is 1. The van der Waals surface area contributed by atoms with Gasteiger partial charge in [-0.05, 0) is 0 Å². The summed E-state index contributed by atoms with van der Waals surface area (Å²) in [7, 11) is 0. The summed E-state index contributed by atoms with van der Waals surface area (Å²) < 4.78 is 41.9. The largest absolute Gasteiger partial charge is 0.480 e. The highest BCUT2D eigenvalue weighted by molar-refractivity contribution is 5.69. The fourth-order valence-corrected chi connectivity index (χ4v) is 1.77. The van der Waals surface area contributed by atoms with Crippen molar-refractivity contribution in [2.75, 3.05) is 52.5 Å². The molecule has 1 fully saturated rings. The van der Waals surface area contributed by atoms with Gasteiger partial charge in [-0.15, -0.1) is 0 Å². The van der Waals surface area contributed by atoms with Crippen molar-refractivity contribution >= 4 is 5.97 Å². The van der Waals surface area contributed by atoms with Gasteiger partial charge in [0, 0.05) is 26.2 Å². The predicted molar refractivity (Wildman–Crippen MR) is 57.4 cm³/mol. The maximum Gasteiger partial charge on any atom is 0.401 e. The summed E-state index contributed by atoms with van der Waals surface area (Å²) in [4.78, 5) is 13.4. The molecule has 0 aromatic rings. The molecule has 0 bridgehead atoms. The lowest BCUT2D eigenvalue weighted by Gasteiger charge is -2.29. The van der Waals surface area contributed by atoms with Gasteiger partial charge in [-0.3, -0.25) is 14.6 Å². The minimum absolute atomic E-state index is 0.0891. The molecule has 1 heterocycles. The summed E-state index contributed by atoms with van der Waals surface area (Å²) in [5.74, 6) is -1.25. The third kappa shape index (κ3) is 6.77. The average Bonchev–Trinajstić information content (AvgIpc) is 2.24. The molecule has 1 aliphatic rings. The third-order valence-corrected chi connectivity index (χ3v) is 2.60. The number of morpholine rings is 1. The molecule has 8 heteroatoms. The van der Waals surface area contributed by atoms with Crippen LogP contribution in [0.4, 0.5) is 13.2 Å². The maximum absolute atomic E-state index is 12.3. The predicted octanol–water partition coefficient (Wildman–Crippen LogP) is 0.268. The Balaban J connectivity index is 2.37. The van der Waals surface area contributed by atoms with Gasteiger partial charge in [-0.1, -0.05) is 0 Å². The monoisotopic (exact) mass is 270 g/mol. The Kier molecular flexibility index (Phi) is 5.83. The van der Waals surface area contributed by atoms with Crippen LogP contribution in [0.1, 0.15) is 0 Å². The standard InChI is InChI=1S/C10H17F3N2O3/c11-10(12,13)8-15(7-9(16)17)2-1-14-3-5-18-6-4-14/h1-8H2,(H,16,17). The van der Waals surface area contributed by atoms with Crippen molar-refractivity contribution in [3.8, 4) is 0 Å². The van der Waals surface area contributed by atoms with E-state index in [9.17, 15) is 18.0 Å². The van der Waals surface area contributed by atoms with Crippen LogP contribution in [0.25, 0.3) is 0 Å². The van der Waals surface area contributed by atoms with Gasteiger partial charge in [0.15, 0.2) is 0 Å². The second kappa shape index (κ2) is 6.91. The zero-order valence-electron chi connectivity index (χ0n) is 9.95. The summed E-state index contributed by atoms with van der Waals surface area (Å²) in [6, 6.07) is 0. The van der Waals surface area contributed by atoms with E-state index >= 15 is 0 Å². The second-order valence-corrected chi connectivity index (χ2v) is 4.17. The smallest absolute Gasteiger partial charge is 0.401 e. The number of rotatable bonds is 6. The van der Waals surface area contributed by atoms with Gasteiger partial charge in [0.2, 0.25) is 0 Å². The van der Waals surface area contributed by atoms with Crippen molar-refractivity contribution in [3.05, 3.63) is 0 Å². The van der Waals surface area contributed by atoms with E-state index in [0.29, 0.717) is 32.8 Å². The van der Waals surface area contributed by atoms with Crippen LogP contribution in [0, 0.1) is 0 Å². The van der Waals surface area contributed by atoms with Crippen LogP contribution in [0.15, 0.2) is 0 Å². The topological polar surface area (TPSA) is 53.0 Å². The molecule has 0 amide bonds. The average molecular weight is 270 g/mol. The molecular formula is C10H17F3N2O3. The first kappa shape index (κ1) is 15.2. The lowest BCUT2D eigenvalue weighted by molar-refractivity contribution is -0.154. The van der Waals surface area contributed by atoms with Gasteiger partial charge in [0.25, 0.3) is 0 Å². The third-order valence-electron chi connectivity index (χ3n) is 2.60. The number of carboxylic acid groups (broad SMARTS) is 1. The van der Waals surface area contributed by atoms with Crippen LogP contribution >= 0.6 is 0 Å². The van der Waals surface area contributed by atoms with Crippen LogP contribution in [0.2, 0.25) is 0 Å². The lowest BCUT2D eigenvalue weighted by atomic mass is 10.3. The minimum Gasteiger partial charge on any atom is -0.480 e. The number of nitrogens with zero attached hydrogens (tertiary/aromatic N) is 2. The first-order valence-electron chi connectivity index (χ1n) is 5.68. The van der Waals surface area contributed by atoms with E-state index in [1.165, 1.54) is 0 Å². The SMILES string of the molecule is O=C(O)CN(CCN1CCOCC1)CC(F)(F)F. The Bertz CT molecular complexity index is 268. The van der Waals surface area contributed by atoms with E-state index in [1.54, 1.807) is 0 Å². The summed E-state index contributed by atoms with van der Waals surface area (Å²) in [6.07, 6.45) is -4.37. The molecular weight excluding hydrogens is 253 g/mol. The summed E-state index contributed by atoms with van der Waals surface area (Å²) in [5.41, 5.74) is 0. The van der Waals surface area contributed by atoms with E-state index in [2.05, 4.69) is 0 Å². The van der Waals surface area contributed by atoms with Crippen LogP contribution < -0.4 is 0 Å². The van der Waals surface area contributed by atoms with Crippen molar-refractivity contribution in [1.29, 1.82) is 0 Å². The van der Waals surface area contributed by atoms with Crippen LogP contribution in [0.5, 0.6) is 0 Å². The molecule has 0 aliphatic carbocycles. The number of carboxylic acids is 1. The quantitative estimate of drug-likeness (QED) is 0.750. The number of hydrogen-bond donors (Lipinski definition) is 1. The van der Waals surface area contributed by atoms with Crippen molar-refractivity contribution < 1.29 is 27.8 Å². The minimum atomic E-state index is -4.37. The summed E-state index contributed by atoms with van der Waals surface area (Å²) in [5, 5.41) is 8.58. The number of hydrogen-bond acceptors (Lipinski definition) is 4. The van der Waals surface area contributed by atoms with Crippen molar-refractivity contribution in [2.45, 2.75) is 6.18 Å². The second-order valence-electron chi connectivity index (χ2n) is 4.17. The van der Waals surface area contributed by atoms with E-state index in [1.807, 2.05) is 4.90 Å². The van der Waals surface area contributed by atoms with Crippen molar-refractivity contribution in [1.82, 2.24) is 9.80 Å². The fourth-order valence-electron chi connectivity index (χ4n) is 1.77. The van der Waals surface area contributed by atoms with Crippen LogP contribution in [-0.4, -0.2) is 79.5 Å². The zero-order valence-corrected chi connectivity index (χ0v) is 9.95. The van der Waals surface area contributed by atoms with E-state index in [4.69, 9.17) is 9.84 Å². The zero-order chi connectivity index (χ0) is 13.6. The van der Waals surface area contributed by atoms with Crippen LogP contribution in [0.3, 0.4) is 0 Å². The Morgan fingerprint density at radius 1 is 1.33 bits per heavy atom. The van der Waals surface area contributed by atoms with E-state index in [0.717, 1.165) is 4.90 Å². The number of aliphatic carboxylic acids is 1. The summed E-state index contributed by atoms with van der Waals surface area (Å²) in [6.45, 7) is 1.21. The molecule has 0 aromatic heterocycles. The highest BCUT2D eigenvalue weighted by atomic mass is 19.4. The van der Waals surface area contributed by atoms with Crippen LogP contribution in [-0.2, 0) is 9.53 Å². The van der Waals surface area contributed by atoms with Crippen molar-refractivity contribution in [3.63, 3.8) is 0 Å². The highest BCUT2D eigenvalue weighted by Gasteiger charge is 2.31. The molecule has 1 saturated heterocycles. The normalized spacial score (nSPS) is 18.2. The van der Waals surface area contributed by atoms with Gasteiger partial charge in [0.1, 0.15) is 0 Å². The lowest BCUT2D eigenvalue weighted by Crippen LogP contribution is -2.45. The molecule has 0 spiro atoms. The van der Waals surface area contributed by atoms with Gasteiger partial charge in [-0.2, -0.15) is 13.2 Å². The molecule has 0 aromatic carbocycles. The maximum atomic E-state index is 12.3. The molecule has 0 unspecified atom stereocenters. The number of halogens is 3. The van der Waals surface area contributed by atoms with Gasteiger partial charge in [0.05, 0.1) is 26.3 Å². The molecule has 5 nitrogen and oxygen atoms in total. The van der Waals surface area contributed by atoms with Gasteiger partial charge >= 0.3 is 12.1 Å². The molecule has 106 valence electrons. The molecule has 0 saturated carbocycles. The van der Waals surface area contributed by atoms with Gasteiger partial charge in [-0.25, -0.2) is 0 Å². The molecule has 18 heavy (non-hydrogen) atoms. The summed E-state index contributed by atoms with van der Waals surface area (Å²) >= 11 is 0. The molecule has 1 N–H and O–H groups in total. The highest BCUT2D eigenvalue weighted by Crippen LogP contribution is 2.16. The molecule has 1 aliphatic heterocycles. The fraction of sp³-hybridized carbons (Fsp3) is 0.900. The molecule has 0 atom stereocenters. The Morgan fingerprint density at radius 2 is 1.94 bits per heavy atom. The Morgan fingerprint density at radius 3 is 2.44 bits per heavy atom. The van der Waals surface area contributed by atoms with Gasteiger partial charge < -0.3 is 9.84 Å². The number of carbonyl (C=O) groups is 1. The Hall–Kier alpha value is -0.860. The number of alkyl halides is 3. The van der Waals surface area contributed by atoms with Crippen molar-refractivity contribution in [2.24, 2.45) is 0 Å². The van der Waals surface area contributed by atoms with E-state index in [-0.39, 0.29) is 6.54 Å². The molecule has 1 rings (SSSR count). The first-order chi connectivity index (χ1) is 8.37.